The van der Waals surface area contributed by atoms with Crippen molar-refractivity contribution >= 4 is 26.0 Å². The zero-order valence-corrected chi connectivity index (χ0v) is 11.5. The SMILES string of the molecule is O=S(=O)(NC1(CO)CCC1)c1cncc(Br)c1. The number of aromatic nitrogens is 1. The van der Waals surface area contributed by atoms with E-state index in [-0.39, 0.29) is 11.5 Å². The highest BCUT2D eigenvalue weighted by Gasteiger charge is 2.40. The number of hydrogen-bond donors (Lipinski definition) is 2. The van der Waals surface area contributed by atoms with Crippen molar-refractivity contribution in [2.24, 2.45) is 0 Å². The summed E-state index contributed by atoms with van der Waals surface area (Å²) in [5.74, 6) is 0. The van der Waals surface area contributed by atoms with Crippen molar-refractivity contribution in [2.45, 2.75) is 29.7 Å². The average molecular weight is 321 g/mol. The van der Waals surface area contributed by atoms with E-state index in [1.54, 1.807) is 0 Å². The van der Waals surface area contributed by atoms with Crippen LogP contribution in [0.3, 0.4) is 0 Å². The molecule has 2 rings (SSSR count). The minimum Gasteiger partial charge on any atom is -0.394 e. The molecule has 2 N–H and O–H groups in total. The van der Waals surface area contributed by atoms with Gasteiger partial charge in [0.25, 0.3) is 0 Å². The second-order valence-corrected chi connectivity index (χ2v) is 6.83. The molecule has 1 aromatic rings. The Morgan fingerprint density at radius 2 is 2.18 bits per heavy atom. The van der Waals surface area contributed by atoms with E-state index in [1.165, 1.54) is 18.5 Å². The summed E-state index contributed by atoms with van der Waals surface area (Å²) in [6.45, 7) is -0.173. The minimum atomic E-state index is -3.62. The molecule has 0 amide bonds. The van der Waals surface area contributed by atoms with E-state index in [4.69, 9.17) is 0 Å². The molecule has 0 bridgehead atoms. The maximum Gasteiger partial charge on any atom is 0.242 e. The number of aliphatic hydroxyl groups excluding tert-OH is 1. The van der Waals surface area contributed by atoms with Gasteiger partial charge in [-0.1, -0.05) is 0 Å². The Morgan fingerprint density at radius 3 is 2.65 bits per heavy atom. The summed E-state index contributed by atoms with van der Waals surface area (Å²) in [5, 5.41) is 9.25. The molecule has 0 unspecified atom stereocenters. The summed E-state index contributed by atoms with van der Waals surface area (Å²) < 4.78 is 27.3. The Bertz CT molecular complexity index is 509. The molecule has 1 aromatic heterocycles. The molecule has 1 aliphatic carbocycles. The summed E-state index contributed by atoms with van der Waals surface area (Å²) in [6, 6.07) is 1.49. The molecule has 0 saturated heterocycles. The standard InChI is InChI=1S/C10H13BrN2O3S/c11-8-4-9(6-12-5-8)17(15,16)13-10(7-14)2-1-3-10/h4-6,13-14H,1-3,7H2. The van der Waals surface area contributed by atoms with Gasteiger partial charge in [-0.2, -0.15) is 0 Å². The predicted octanol–water partition coefficient (Wildman–Crippen LogP) is 1.04. The second kappa shape index (κ2) is 4.64. The zero-order valence-electron chi connectivity index (χ0n) is 9.06. The van der Waals surface area contributed by atoms with Gasteiger partial charge >= 0.3 is 0 Å². The van der Waals surface area contributed by atoms with Crippen LogP contribution in [0.1, 0.15) is 19.3 Å². The third-order valence-electron chi connectivity index (χ3n) is 2.95. The van der Waals surface area contributed by atoms with Crippen molar-refractivity contribution in [3.63, 3.8) is 0 Å². The Hall–Kier alpha value is -0.500. The lowest BCUT2D eigenvalue weighted by molar-refractivity contribution is 0.110. The number of nitrogens with one attached hydrogen (secondary N) is 1. The highest BCUT2D eigenvalue weighted by atomic mass is 79.9. The molecule has 0 aromatic carbocycles. The number of aliphatic hydroxyl groups is 1. The monoisotopic (exact) mass is 320 g/mol. The Kier molecular flexibility index (Phi) is 3.53. The molecule has 7 heteroatoms. The van der Waals surface area contributed by atoms with E-state index in [0.29, 0.717) is 17.3 Å². The molecule has 0 radical (unpaired) electrons. The van der Waals surface area contributed by atoms with Crippen LogP contribution in [0.15, 0.2) is 27.8 Å². The topological polar surface area (TPSA) is 79.3 Å². The molecule has 0 atom stereocenters. The van der Waals surface area contributed by atoms with Crippen LogP contribution in [0.5, 0.6) is 0 Å². The van der Waals surface area contributed by atoms with Crippen molar-refractivity contribution in [3.05, 3.63) is 22.9 Å². The fraction of sp³-hybridized carbons (Fsp3) is 0.500. The molecule has 1 fully saturated rings. The van der Waals surface area contributed by atoms with Gasteiger partial charge in [0.05, 0.1) is 12.1 Å². The molecule has 1 aliphatic rings. The molecule has 1 heterocycles. The van der Waals surface area contributed by atoms with Gasteiger partial charge in [-0.3, -0.25) is 4.98 Å². The maximum absolute atomic E-state index is 12.1. The van der Waals surface area contributed by atoms with Crippen LogP contribution in [0.4, 0.5) is 0 Å². The van der Waals surface area contributed by atoms with E-state index in [1.807, 2.05) is 0 Å². The summed E-state index contributed by atoms with van der Waals surface area (Å²) in [4.78, 5) is 3.92. The van der Waals surface area contributed by atoms with Crippen molar-refractivity contribution in [2.75, 3.05) is 6.61 Å². The van der Waals surface area contributed by atoms with Gasteiger partial charge in [-0.05, 0) is 41.3 Å². The van der Waals surface area contributed by atoms with Crippen molar-refractivity contribution in [1.82, 2.24) is 9.71 Å². The van der Waals surface area contributed by atoms with E-state index >= 15 is 0 Å². The Labute approximate surface area is 108 Å². The summed E-state index contributed by atoms with van der Waals surface area (Å²) in [6.07, 6.45) is 5.08. The maximum atomic E-state index is 12.1. The van der Waals surface area contributed by atoms with E-state index in [0.717, 1.165) is 6.42 Å². The van der Waals surface area contributed by atoms with Crippen molar-refractivity contribution < 1.29 is 13.5 Å². The number of sulfonamides is 1. The van der Waals surface area contributed by atoms with Gasteiger partial charge in [0, 0.05) is 16.9 Å². The molecular weight excluding hydrogens is 308 g/mol. The molecule has 1 saturated carbocycles. The van der Waals surface area contributed by atoms with Crippen LogP contribution in [-0.2, 0) is 10.0 Å². The van der Waals surface area contributed by atoms with E-state index in [2.05, 4.69) is 25.6 Å². The molecular formula is C10H13BrN2O3S. The molecule has 5 nitrogen and oxygen atoms in total. The van der Waals surface area contributed by atoms with Crippen molar-refractivity contribution in [1.29, 1.82) is 0 Å². The lowest BCUT2D eigenvalue weighted by Gasteiger charge is -2.40. The first-order valence-corrected chi connectivity index (χ1v) is 7.50. The number of nitrogens with zero attached hydrogens (tertiary/aromatic N) is 1. The normalized spacial score (nSPS) is 18.7. The molecule has 0 aliphatic heterocycles. The zero-order chi connectivity index (χ0) is 12.5. The first-order chi connectivity index (χ1) is 7.97. The fourth-order valence-electron chi connectivity index (χ4n) is 1.78. The lowest BCUT2D eigenvalue weighted by atomic mass is 9.78. The largest absolute Gasteiger partial charge is 0.394 e. The Morgan fingerprint density at radius 1 is 1.47 bits per heavy atom. The van der Waals surface area contributed by atoms with Crippen LogP contribution in [0.2, 0.25) is 0 Å². The second-order valence-electron chi connectivity index (χ2n) is 4.24. The third-order valence-corrected chi connectivity index (χ3v) is 4.93. The summed E-state index contributed by atoms with van der Waals surface area (Å²) in [5.41, 5.74) is -0.679. The number of hydrogen-bond acceptors (Lipinski definition) is 4. The van der Waals surface area contributed by atoms with Gasteiger partial charge in [-0.25, -0.2) is 13.1 Å². The fourth-order valence-corrected chi connectivity index (χ4v) is 3.73. The highest BCUT2D eigenvalue weighted by molar-refractivity contribution is 9.10. The van der Waals surface area contributed by atoms with Crippen LogP contribution >= 0.6 is 15.9 Å². The predicted molar refractivity (Wildman–Crippen MR) is 65.9 cm³/mol. The quantitative estimate of drug-likeness (QED) is 0.868. The lowest BCUT2D eigenvalue weighted by Crippen LogP contribution is -2.55. The number of halogens is 1. The smallest absolute Gasteiger partial charge is 0.242 e. The van der Waals surface area contributed by atoms with Gasteiger partial charge in [0.2, 0.25) is 10.0 Å². The van der Waals surface area contributed by atoms with Gasteiger partial charge < -0.3 is 5.11 Å². The van der Waals surface area contributed by atoms with E-state index in [9.17, 15) is 13.5 Å². The average Bonchev–Trinajstić information content (AvgIpc) is 2.24. The Balaban J connectivity index is 2.25. The molecule has 0 spiro atoms. The third kappa shape index (κ3) is 2.67. The van der Waals surface area contributed by atoms with Gasteiger partial charge in [0.1, 0.15) is 4.90 Å². The first kappa shape index (κ1) is 12.9. The highest BCUT2D eigenvalue weighted by Crippen LogP contribution is 2.32. The van der Waals surface area contributed by atoms with Crippen LogP contribution < -0.4 is 4.72 Å². The summed E-state index contributed by atoms with van der Waals surface area (Å²) in [7, 11) is -3.62. The number of pyridine rings is 1. The van der Waals surface area contributed by atoms with Crippen LogP contribution in [0, 0.1) is 0 Å². The van der Waals surface area contributed by atoms with Gasteiger partial charge in [0.15, 0.2) is 0 Å². The minimum absolute atomic E-state index is 0.103. The van der Waals surface area contributed by atoms with Crippen LogP contribution in [0.25, 0.3) is 0 Å². The first-order valence-electron chi connectivity index (χ1n) is 5.23. The van der Waals surface area contributed by atoms with Crippen molar-refractivity contribution in [3.8, 4) is 0 Å². The van der Waals surface area contributed by atoms with Gasteiger partial charge in [-0.15, -0.1) is 0 Å². The number of rotatable bonds is 4. The molecule has 17 heavy (non-hydrogen) atoms. The van der Waals surface area contributed by atoms with Crippen LogP contribution in [-0.4, -0.2) is 30.7 Å². The van der Waals surface area contributed by atoms with E-state index < -0.39 is 15.6 Å². The molecule has 94 valence electrons. The summed E-state index contributed by atoms with van der Waals surface area (Å²) >= 11 is 3.18.